The smallest absolute Gasteiger partial charge is 0.216 e. The fourth-order valence-electron chi connectivity index (χ4n) is 8.44. The molecule has 5 unspecified atom stereocenters. The Labute approximate surface area is 261 Å². The van der Waals surface area contributed by atoms with Crippen molar-refractivity contribution in [3.05, 3.63) is 34.9 Å². The number of sulfonamides is 1. The zero-order valence-electron chi connectivity index (χ0n) is 27.7. The van der Waals surface area contributed by atoms with Gasteiger partial charge < -0.3 is 9.84 Å². The molecule has 0 amide bonds. The number of rotatable bonds is 5. The molecule has 4 fully saturated rings. The second-order valence-electron chi connectivity index (χ2n) is 16.1. The predicted octanol–water partition coefficient (Wildman–Crippen LogP) is 5.09. The minimum Gasteiger partial charge on any atom is -0.390 e. The third kappa shape index (κ3) is 8.60. The summed E-state index contributed by atoms with van der Waals surface area (Å²) >= 11 is 0. The van der Waals surface area contributed by atoms with E-state index >= 15 is 0 Å². The highest BCUT2D eigenvalue weighted by Crippen LogP contribution is 2.41. The van der Waals surface area contributed by atoms with Gasteiger partial charge >= 0.3 is 0 Å². The summed E-state index contributed by atoms with van der Waals surface area (Å²) in [4.78, 5) is 2.71. The van der Waals surface area contributed by atoms with E-state index in [2.05, 4.69) is 73.1 Å². The number of hydrogen-bond donors (Lipinski definition) is 4. The van der Waals surface area contributed by atoms with Crippen LogP contribution in [0.2, 0.25) is 0 Å². The van der Waals surface area contributed by atoms with Crippen molar-refractivity contribution in [1.82, 2.24) is 20.3 Å². The standard InChI is InChI=1S/C34H58N4O4S/c1-22-10-8-11-23(2)31(22)29-17-30-36-32(35-29)37-43(40,41)28-13-9-12-24(16-28)20-38(27(21-42-30)19-33(3,4)5)26-14-25(15-26)18-34(6,7)39/h8,10-11,24-30,32,35-37,39H,9,12-21H2,1-7H3/t24?,25?,26?,27-,28?,29?,30?,32?/m1/s1. The van der Waals surface area contributed by atoms with Gasteiger partial charge in [0.1, 0.15) is 12.5 Å². The van der Waals surface area contributed by atoms with Gasteiger partial charge in [-0.25, -0.2) is 8.42 Å². The summed E-state index contributed by atoms with van der Waals surface area (Å²) < 4.78 is 37.5. The van der Waals surface area contributed by atoms with Gasteiger partial charge in [-0.05, 0) is 107 Å². The molecular formula is C34H58N4O4S. The van der Waals surface area contributed by atoms with Crippen LogP contribution in [0.3, 0.4) is 0 Å². The number of nitrogens with one attached hydrogen (secondary N) is 3. The fourth-order valence-corrected chi connectivity index (χ4v) is 10.1. The van der Waals surface area contributed by atoms with Crippen molar-refractivity contribution in [1.29, 1.82) is 0 Å². The lowest BCUT2D eigenvalue weighted by Gasteiger charge is -2.50. The fraction of sp³-hybridized carbons (Fsp3) is 0.824. The summed E-state index contributed by atoms with van der Waals surface area (Å²) in [5.74, 6) is 0.869. The third-order valence-corrected chi connectivity index (χ3v) is 12.1. The molecule has 0 radical (unpaired) electrons. The van der Waals surface area contributed by atoms with Crippen LogP contribution in [-0.2, 0) is 14.8 Å². The Morgan fingerprint density at radius 3 is 2.33 bits per heavy atom. The van der Waals surface area contributed by atoms with E-state index in [4.69, 9.17) is 4.74 Å². The maximum absolute atomic E-state index is 13.8. The van der Waals surface area contributed by atoms with E-state index < -0.39 is 21.9 Å². The van der Waals surface area contributed by atoms with E-state index in [1.807, 2.05) is 13.8 Å². The average molecular weight is 619 g/mol. The molecule has 4 aliphatic rings. The summed E-state index contributed by atoms with van der Waals surface area (Å²) in [5, 5.41) is 17.1. The second-order valence-corrected chi connectivity index (χ2v) is 18.1. The van der Waals surface area contributed by atoms with E-state index in [9.17, 15) is 13.5 Å². The van der Waals surface area contributed by atoms with Gasteiger partial charge in [0.15, 0.2) is 0 Å². The molecule has 2 saturated carbocycles. The van der Waals surface area contributed by atoms with Crippen molar-refractivity contribution < 1.29 is 18.3 Å². The Morgan fingerprint density at radius 1 is 0.977 bits per heavy atom. The number of benzene rings is 1. The maximum atomic E-state index is 13.8. The van der Waals surface area contributed by atoms with Gasteiger partial charge in [-0.3, -0.25) is 15.5 Å². The normalized spacial score (nSPS) is 36.1. The molecule has 0 aromatic heterocycles. The molecule has 43 heavy (non-hydrogen) atoms. The van der Waals surface area contributed by atoms with Crippen LogP contribution >= 0.6 is 0 Å². The monoisotopic (exact) mass is 618 g/mol. The molecule has 2 heterocycles. The number of aliphatic hydroxyl groups is 1. The van der Waals surface area contributed by atoms with E-state index in [0.717, 1.165) is 51.5 Å². The zero-order valence-corrected chi connectivity index (χ0v) is 28.5. The summed E-state index contributed by atoms with van der Waals surface area (Å²) in [6, 6.07) is 7.00. The highest BCUT2D eigenvalue weighted by molar-refractivity contribution is 7.90. The molecule has 4 N–H and O–H groups in total. The molecule has 1 aromatic carbocycles. The Bertz CT molecular complexity index is 1180. The molecule has 5 rings (SSSR count). The van der Waals surface area contributed by atoms with Crippen LogP contribution in [0.4, 0.5) is 0 Å². The molecule has 244 valence electrons. The summed E-state index contributed by atoms with van der Waals surface area (Å²) in [6.07, 6.45) is 7.27. The van der Waals surface area contributed by atoms with E-state index in [1.54, 1.807) is 0 Å². The molecule has 2 aliphatic carbocycles. The van der Waals surface area contributed by atoms with Crippen molar-refractivity contribution in [3.63, 3.8) is 0 Å². The highest BCUT2D eigenvalue weighted by atomic mass is 32.2. The van der Waals surface area contributed by atoms with Crippen molar-refractivity contribution in [2.45, 2.75) is 148 Å². The van der Waals surface area contributed by atoms with Crippen molar-refractivity contribution in [2.75, 3.05) is 13.2 Å². The van der Waals surface area contributed by atoms with Gasteiger partial charge in [0.2, 0.25) is 10.0 Å². The Morgan fingerprint density at radius 2 is 1.67 bits per heavy atom. The SMILES string of the molecule is Cc1cccc(C)c1C1CC2NC(N1)NS(=O)(=O)C1CCCC(C1)CN(C1CC(CC(C)(C)O)C1)[C@H](CC(C)(C)C)CO2. The van der Waals surface area contributed by atoms with Gasteiger partial charge in [0, 0.05) is 31.1 Å². The lowest BCUT2D eigenvalue weighted by molar-refractivity contribution is -0.0760. The van der Waals surface area contributed by atoms with Gasteiger partial charge in [-0.15, -0.1) is 0 Å². The summed E-state index contributed by atoms with van der Waals surface area (Å²) in [6.45, 7) is 16.6. The second kappa shape index (κ2) is 13.0. The lowest BCUT2D eigenvalue weighted by Crippen LogP contribution is -2.64. The van der Waals surface area contributed by atoms with Crippen LogP contribution in [0.5, 0.6) is 0 Å². The quantitative estimate of drug-likeness (QED) is 0.365. The Balaban J connectivity index is 1.45. The molecule has 2 aliphatic heterocycles. The zero-order chi connectivity index (χ0) is 31.2. The van der Waals surface area contributed by atoms with Crippen LogP contribution in [0.1, 0.15) is 115 Å². The number of nitrogens with zero attached hydrogens (tertiary/aromatic N) is 1. The van der Waals surface area contributed by atoms with Crippen molar-refractivity contribution in [2.24, 2.45) is 17.3 Å². The average Bonchev–Trinajstić information content (AvgIpc) is 2.86. The third-order valence-electron chi connectivity index (χ3n) is 10.3. The van der Waals surface area contributed by atoms with Gasteiger partial charge in [0.05, 0.1) is 17.5 Å². The number of fused-ring (bicyclic) bond motifs is 4. The van der Waals surface area contributed by atoms with Crippen LogP contribution in [0.15, 0.2) is 18.2 Å². The number of aryl methyl sites for hydroxylation is 2. The van der Waals surface area contributed by atoms with Crippen molar-refractivity contribution >= 4 is 10.0 Å². The van der Waals surface area contributed by atoms with E-state index in [1.165, 1.54) is 16.7 Å². The highest BCUT2D eigenvalue weighted by Gasteiger charge is 2.43. The van der Waals surface area contributed by atoms with Crippen LogP contribution in [0, 0.1) is 31.1 Å². The molecule has 8 nitrogen and oxygen atoms in total. The number of ether oxygens (including phenoxy) is 1. The van der Waals surface area contributed by atoms with E-state index in [0.29, 0.717) is 37.3 Å². The summed E-state index contributed by atoms with van der Waals surface area (Å²) in [7, 11) is -3.55. The molecule has 2 saturated heterocycles. The minimum absolute atomic E-state index is 0.0317. The van der Waals surface area contributed by atoms with Crippen LogP contribution in [-0.4, -0.2) is 67.0 Å². The van der Waals surface area contributed by atoms with Gasteiger partial charge in [-0.2, -0.15) is 4.72 Å². The first-order valence-electron chi connectivity index (χ1n) is 16.8. The van der Waals surface area contributed by atoms with E-state index in [-0.39, 0.29) is 29.0 Å². The Kier molecular flexibility index (Phi) is 10.0. The minimum atomic E-state index is -3.55. The van der Waals surface area contributed by atoms with Gasteiger partial charge in [-0.1, -0.05) is 45.4 Å². The predicted molar refractivity (Wildman–Crippen MR) is 173 cm³/mol. The molecular weight excluding hydrogens is 560 g/mol. The molecule has 9 heteroatoms. The number of hydrogen-bond acceptors (Lipinski definition) is 7. The first kappa shape index (κ1) is 33.3. The maximum Gasteiger partial charge on any atom is 0.216 e. The molecule has 4 bridgehead atoms. The van der Waals surface area contributed by atoms with Crippen LogP contribution < -0.4 is 15.4 Å². The topological polar surface area (TPSA) is 103 Å². The molecule has 0 spiro atoms. The lowest BCUT2D eigenvalue weighted by atomic mass is 9.72. The van der Waals surface area contributed by atoms with Crippen molar-refractivity contribution in [3.8, 4) is 0 Å². The van der Waals surface area contributed by atoms with Crippen LogP contribution in [0.25, 0.3) is 0 Å². The molecule has 6 atom stereocenters. The largest absolute Gasteiger partial charge is 0.390 e. The molecule has 1 aromatic rings. The summed E-state index contributed by atoms with van der Waals surface area (Å²) in [5.41, 5.74) is 3.11. The Hall–Kier alpha value is -1.07. The van der Waals surface area contributed by atoms with Gasteiger partial charge in [0.25, 0.3) is 0 Å². The first-order valence-corrected chi connectivity index (χ1v) is 18.3. The first-order chi connectivity index (χ1) is 20.1.